The molecular weight excluding hydrogens is 236 g/mol. The van der Waals surface area contributed by atoms with Gasteiger partial charge in [-0.25, -0.2) is 0 Å². The van der Waals surface area contributed by atoms with Gasteiger partial charge in [0, 0.05) is 6.07 Å². The highest BCUT2D eigenvalue weighted by Gasteiger charge is 2.29. The third kappa shape index (κ3) is 2.41. The average Bonchev–Trinajstić information content (AvgIpc) is 2.75. The highest BCUT2D eigenvalue weighted by molar-refractivity contribution is 5.51. The van der Waals surface area contributed by atoms with Gasteiger partial charge in [-0.3, -0.25) is 10.1 Å². The summed E-state index contributed by atoms with van der Waals surface area (Å²) in [7, 11) is 0. The van der Waals surface area contributed by atoms with E-state index >= 15 is 0 Å². The number of rotatable bonds is 3. The van der Waals surface area contributed by atoms with Gasteiger partial charge in [0.1, 0.15) is 6.10 Å². The highest BCUT2D eigenvalue weighted by atomic mass is 16.6. The second kappa shape index (κ2) is 5.02. The quantitative estimate of drug-likeness (QED) is 0.649. The second-order valence-electron chi connectivity index (χ2n) is 4.21. The monoisotopic (exact) mass is 248 g/mol. The molecule has 1 fully saturated rings. The molecule has 0 aliphatic heterocycles. The maximum atomic E-state index is 10.9. The number of benzene rings is 1. The molecule has 1 aliphatic rings. The molecule has 1 saturated carbocycles. The zero-order valence-corrected chi connectivity index (χ0v) is 9.57. The Labute approximate surface area is 104 Å². The first kappa shape index (κ1) is 12.3. The van der Waals surface area contributed by atoms with Crippen LogP contribution in [0.1, 0.15) is 24.8 Å². The first-order valence-corrected chi connectivity index (χ1v) is 5.65. The van der Waals surface area contributed by atoms with Crippen molar-refractivity contribution in [2.45, 2.75) is 31.5 Å². The number of hydrogen-bond donors (Lipinski definition) is 1. The Hall–Kier alpha value is -2.13. The van der Waals surface area contributed by atoms with Crippen molar-refractivity contribution in [3.8, 4) is 11.8 Å². The molecule has 0 amide bonds. The van der Waals surface area contributed by atoms with Gasteiger partial charge in [-0.2, -0.15) is 5.26 Å². The lowest BCUT2D eigenvalue weighted by Gasteiger charge is -2.16. The zero-order valence-electron chi connectivity index (χ0n) is 9.57. The van der Waals surface area contributed by atoms with Crippen molar-refractivity contribution < 1.29 is 14.8 Å². The number of ether oxygens (including phenoxy) is 1. The molecule has 0 saturated heterocycles. The minimum absolute atomic E-state index is 0.102. The smallest absolute Gasteiger partial charge is 0.312 e. The van der Waals surface area contributed by atoms with E-state index in [0.29, 0.717) is 12.8 Å². The molecule has 2 unspecified atom stereocenters. The topological polar surface area (TPSA) is 96.4 Å². The largest absolute Gasteiger partial charge is 0.481 e. The third-order valence-corrected chi connectivity index (χ3v) is 2.98. The lowest BCUT2D eigenvalue weighted by Crippen LogP contribution is -2.25. The van der Waals surface area contributed by atoms with Gasteiger partial charge in [-0.1, -0.05) is 0 Å². The van der Waals surface area contributed by atoms with Gasteiger partial charge >= 0.3 is 5.69 Å². The fourth-order valence-electron chi connectivity index (χ4n) is 2.04. The number of nitro groups is 1. The number of aliphatic hydroxyl groups is 1. The van der Waals surface area contributed by atoms with Crippen LogP contribution in [0, 0.1) is 21.4 Å². The highest BCUT2D eigenvalue weighted by Crippen LogP contribution is 2.32. The second-order valence-corrected chi connectivity index (χ2v) is 4.21. The van der Waals surface area contributed by atoms with Crippen molar-refractivity contribution in [1.82, 2.24) is 0 Å². The van der Waals surface area contributed by atoms with E-state index < -0.39 is 17.1 Å². The van der Waals surface area contributed by atoms with E-state index in [-0.39, 0.29) is 17.0 Å². The number of aliphatic hydroxyl groups excluding tert-OH is 1. The molecule has 1 aromatic carbocycles. The van der Waals surface area contributed by atoms with Crippen molar-refractivity contribution in [2.24, 2.45) is 0 Å². The third-order valence-electron chi connectivity index (χ3n) is 2.98. The molecule has 94 valence electrons. The summed E-state index contributed by atoms with van der Waals surface area (Å²) in [5.41, 5.74) is -0.0332. The fourth-order valence-corrected chi connectivity index (χ4v) is 2.04. The van der Waals surface area contributed by atoms with Crippen LogP contribution in [0.15, 0.2) is 18.2 Å². The molecule has 0 heterocycles. The molecule has 1 aliphatic carbocycles. The van der Waals surface area contributed by atoms with E-state index in [0.717, 1.165) is 6.42 Å². The minimum Gasteiger partial charge on any atom is -0.481 e. The van der Waals surface area contributed by atoms with Crippen LogP contribution >= 0.6 is 0 Å². The first-order valence-electron chi connectivity index (χ1n) is 5.65. The van der Waals surface area contributed by atoms with Gasteiger partial charge in [0.25, 0.3) is 0 Å². The van der Waals surface area contributed by atoms with Crippen LogP contribution in [0.25, 0.3) is 0 Å². The molecule has 6 heteroatoms. The summed E-state index contributed by atoms with van der Waals surface area (Å²) < 4.78 is 5.48. The predicted octanol–water partition coefficient (Wildman–Crippen LogP) is 1.76. The van der Waals surface area contributed by atoms with Crippen LogP contribution < -0.4 is 4.74 Å². The van der Waals surface area contributed by atoms with Crippen molar-refractivity contribution in [3.05, 3.63) is 33.9 Å². The Morgan fingerprint density at radius 2 is 2.28 bits per heavy atom. The van der Waals surface area contributed by atoms with Crippen molar-refractivity contribution in [2.75, 3.05) is 0 Å². The van der Waals surface area contributed by atoms with Crippen LogP contribution in [0.3, 0.4) is 0 Å². The fraction of sp³-hybridized carbons (Fsp3) is 0.417. The van der Waals surface area contributed by atoms with Crippen molar-refractivity contribution in [3.63, 3.8) is 0 Å². The van der Waals surface area contributed by atoms with Crippen LogP contribution in [0.2, 0.25) is 0 Å². The standard InChI is InChI=1S/C12H12N2O4/c13-7-8-4-5-11(9(6-8)14(16)17)18-12-3-1-2-10(12)15/h4-6,10,12,15H,1-3H2. The minimum atomic E-state index is -0.586. The van der Waals surface area contributed by atoms with E-state index in [1.807, 2.05) is 6.07 Å². The van der Waals surface area contributed by atoms with Gasteiger partial charge in [0.05, 0.1) is 22.7 Å². The van der Waals surface area contributed by atoms with Crippen LogP contribution in [-0.4, -0.2) is 22.2 Å². The number of nitrogens with zero attached hydrogens (tertiary/aromatic N) is 2. The molecule has 1 aromatic rings. The summed E-state index contributed by atoms with van der Waals surface area (Å²) in [5, 5.41) is 29.2. The van der Waals surface area contributed by atoms with Gasteiger partial charge in [0.2, 0.25) is 0 Å². The predicted molar refractivity (Wildman–Crippen MR) is 62.1 cm³/mol. The van der Waals surface area contributed by atoms with E-state index in [2.05, 4.69) is 0 Å². The number of nitro benzene ring substituents is 1. The lowest BCUT2D eigenvalue weighted by atomic mass is 10.2. The summed E-state index contributed by atoms with van der Waals surface area (Å²) in [6.07, 6.45) is 1.18. The molecule has 1 N–H and O–H groups in total. The maximum absolute atomic E-state index is 10.9. The van der Waals surface area contributed by atoms with Crippen LogP contribution in [0.5, 0.6) is 5.75 Å². The molecule has 18 heavy (non-hydrogen) atoms. The molecule has 2 atom stereocenters. The van der Waals surface area contributed by atoms with Gasteiger partial charge in [-0.05, 0) is 31.4 Å². The lowest BCUT2D eigenvalue weighted by molar-refractivity contribution is -0.386. The Bertz CT molecular complexity index is 509. The molecular formula is C12H12N2O4. The van der Waals surface area contributed by atoms with E-state index in [1.54, 1.807) is 0 Å². The summed E-state index contributed by atoms with van der Waals surface area (Å²) >= 11 is 0. The molecule has 6 nitrogen and oxygen atoms in total. The van der Waals surface area contributed by atoms with Crippen molar-refractivity contribution >= 4 is 5.69 Å². The zero-order chi connectivity index (χ0) is 13.1. The van der Waals surface area contributed by atoms with Gasteiger partial charge < -0.3 is 9.84 Å². The Kier molecular flexibility index (Phi) is 3.44. The first-order chi connectivity index (χ1) is 8.61. The summed E-state index contributed by atoms with van der Waals surface area (Å²) in [6.45, 7) is 0. The molecule has 0 aromatic heterocycles. The normalized spacial score (nSPS) is 22.4. The molecule has 2 rings (SSSR count). The van der Waals surface area contributed by atoms with Crippen LogP contribution in [0.4, 0.5) is 5.69 Å². The SMILES string of the molecule is N#Cc1ccc(OC2CCCC2O)c([N+](=O)[O-])c1. The summed E-state index contributed by atoms with van der Waals surface area (Å²) in [6, 6.07) is 5.89. The molecule has 0 radical (unpaired) electrons. The molecule has 0 spiro atoms. The van der Waals surface area contributed by atoms with E-state index in [9.17, 15) is 15.2 Å². The van der Waals surface area contributed by atoms with E-state index in [4.69, 9.17) is 10.00 Å². The van der Waals surface area contributed by atoms with Gasteiger partial charge in [-0.15, -0.1) is 0 Å². The Balaban J connectivity index is 2.27. The Morgan fingerprint density at radius 3 is 2.83 bits per heavy atom. The van der Waals surface area contributed by atoms with E-state index in [1.165, 1.54) is 18.2 Å². The summed E-state index contributed by atoms with van der Waals surface area (Å²) in [5.74, 6) is 0.102. The number of nitriles is 1. The van der Waals surface area contributed by atoms with Gasteiger partial charge in [0.15, 0.2) is 5.75 Å². The number of hydrogen-bond acceptors (Lipinski definition) is 5. The van der Waals surface area contributed by atoms with Crippen LogP contribution in [-0.2, 0) is 0 Å². The summed E-state index contributed by atoms with van der Waals surface area (Å²) in [4.78, 5) is 10.3. The average molecular weight is 248 g/mol. The Morgan fingerprint density at radius 1 is 1.50 bits per heavy atom. The maximum Gasteiger partial charge on any atom is 0.312 e. The molecule has 0 bridgehead atoms. The van der Waals surface area contributed by atoms with Crippen molar-refractivity contribution in [1.29, 1.82) is 5.26 Å².